The number of fused-ring (bicyclic) bond motifs is 7. The molecule has 10 rings (SSSR count). The molecule has 5 nitrogen and oxygen atoms in total. The van der Waals surface area contributed by atoms with E-state index in [-0.39, 0.29) is 0 Å². The summed E-state index contributed by atoms with van der Waals surface area (Å²) < 4.78 is 8.42. The van der Waals surface area contributed by atoms with E-state index in [1.54, 1.807) is 0 Å². The van der Waals surface area contributed by atoms with Gasteiger partial charge in [0.25, 0.3) is 0 Å². The smallest absolute Gasteiger partial charge is 0.238 e. The molecule has 7 aromatic carbocycles. The first-order valence-corrected chi connectivity index (χ1v) is 16.0. The maximum absolute atomic E-state index is 6.19. The van der Waals surface area contributed by atoms with Gasteiger partial charge in [-0.05, 0) is 46.7 Å². The number of hydrogen-bond acceptors (Lipinski definition) is 4. The largest absolute Gasteiger partial charge is 0.456 e. The first-order chi connectivity index (χ1) is 23.8. The lowest BCUT2D eigenvalue weighted by molar-refractivity contribution is 0.669. The van der Waals surface area contributed by atoms with Crippen molar-refractivity contribution < 1.29 is 4.42 Å². The van der Waals surface area contributed by atoms with Gasteiger partial charge < -0.3 is 4.42 Å². The number of aromatic nitrogens is 4. The van der Waals surface area contributed by atoms with E-state index in [9.17, 15) is 0 Å². The van der Waals surface area contributed by atoms with Crippen LogP contribution in [0.2, 0.25) is 0 Å². The lowest BCUT2D eigenvalue weighted by atomic mass is 9.99. The number of furan rings is 1. The highest BCUT2D eigenvalue weighted by Crippen LogP contribution is 2.41. The number of benzene rings is 7. The molecule has 3 aromatic heterocycles. The van der Waals surface area contributed by atoms with Crippen molar-refractivity contribution in [2.75, 3.05) is 0 Å². The van der Waals surface area contributed by atoms with Crippen LogP contribution in [0.4, 0.5) is 0 Å². The van der Waals surface area contributed by atoms with Crippen molar-refractivity contribution in [2.45, 2.75) is 0 Å². The van der Waals surface area contributed by atoms with E-state index >= 15 is 0 Å². The summed E-state index contributed by atoms with van der Waals surface area (Å²) in [6, 6.07) is 54.5. The molecule has 0 bridgehead atoms. The van der Waals surface area contributed by atoms with E-state index in [4.69, 9.17) is 19.4 Å². The van der Waals surface area contributed by atoms with Gasteiger partial charge in [0.05, 0.1) is 11.0 Å². The Morgan fingerprint density at radius 2 is 1.04 bits per heavy atom. The van der Waals surface area contributed by atoms with Crippen LogP contribution in [0.1, 0.15) is 0 Å². The quantitative estimate of drug-likeness (QED) is 0.198. The summed E-state index contributed by atoms with van der Waals surface area (Å²) in [6.45, 7) is 0. The summed E-state index contributed by atoms with van der Waals surface area (Å²) in [6.07, 6.45) is 0. The third-order valence-corrected chi connectivity index (χ3v) is 9.23. The normalized spacial score (nSPS) is 11.8. The molecule has 0 saturated heterocycles. The third-order valence-electron chi connectivity index (χ3n) is 9.23. The third kappa shape index (κ3) is 4.15. The standard InChI is InChI=1S/C43H26N4O/c1-3-12-27(13-4-1)41-44-42(28-14-5-2-6-15-28)46-43(45-41)47-37-26-30-17-8-7-16-29(30)24-35(37)34-20-11-19-32(40(34)47)31-22-23-39-36(25-31)33-18-9-10-21-38(33)48-39/h1-26H. The summed E-state index contributed by atoms with van der Waals surface area (Å²) in [7, 11) is 0. The van der Waals surface area contributed by atoms with Gasteiger partial charge in [-0.2, -0.15) is 9.97 Å². The molecule has 48 heavy (non-hydrogen) atoms. The summed E-state index contributed by atoms with van der Waals surface area (Å²) in [4.78, 5) is 15.4. The Kier molecular flexibility index (Phi) is 5.81. The fraction of sp³-hybridized carbons (Fsp3) is 0. The highest BCUT2D eigenvalue weighted by atomic mass is 16.3. The van der Waals surface area contributed by atoms with E-state index in [1.165, 1.54) is 5.39 Å². The molecule has 224 valence electrons. The average Bonchev–Trinajstić information content (AvgIpc) is 3.69. The van der Waals surface area contributed by atoms with E-state index < -0.39 is 0 Å². The Morgan fingerprint density at radius 3 is 1.79 bits per heavy atom. The summed E-state index contributed by atoms with van der Waals surface area (Å²) in [5, 5.41) is 6.81. The minimum atomic E-state index is 0.570. The zero-order valence-electron chi connectivity index (χ0n) is 25.7. The van der Waals surface area contributed by atoms with Crippen molar-refractivity contribution in [2.24, 2.45) is 0 Å². The molecule has 0 unspecified atom stereocenters. The Labute approximate surface area is 275 Å². The van der Waals surface area contributed by atoms with Crippen LogP contribution in [-0.4, -0.2) is 19.5 Å². The van der Waals surface area contributed by atoms with E-state index in [1.807, 2.05) is 72.8 Å². The molecule has 0 aliphatic rings. The second-order valence-electron chi connectivity index (χ2n) is 12.1. The fourth-order valence-electron chi connectivity index (χ4n) is 6.98. The minimum Gasteiger partial charge on any atom is -0.456 e. The summed E-state index contributed by atoms with van der Waals surface area (Å²) >= 11 is 0. The molecular weight excluding hydrogens is 589 g/mol. The SMILES string of the molecule is c1ccc(-c2nc(-c3ccccc3)nc(-n3c4cc5ccccc5cc4c4cccc(-c5ccc6oc7ccccc7c6c5)c43)n2)cc1. The zero-order valence-corrected chi connectivity index (χ0v) is 25.7. The fourth-order valence-corrected chi connectivity index (χ4v) is 6.98. The zero-order chi connectivity index (χ0) is 31.6. The van der Waals surface area contributed by atoms with Gasteiger partial charge in [-0.15, -0.1) is 0 Å². The topological polar surface area (TPSA) is 56.7 Å². The molecule has 3 heterocycles. The highest BCUT2D eigenvalue weighted by Gasteiger charge is 2.21. The van der Waals surface area contributed by atoms with Crippen LogP contribution in [0.5, 0.6) is 0 Å². The molecule has 0 fully saturated rings. The monoisotopic (exact) mass is 614 g/mol. The van der Waals surface area contributed by atoms with Crippen molar-refractivity contribution in [1.29, 1.82) is 0 Å². The highest BCUT2D eigenvalue weighted by molar-refractivity contribution is 6.17. The predicted molar refractivity (Wildman–Crippen MR) is 195 cm³/mol. The van der Waals surface area contributed by atoms with Gasteiger partial charge in [-0.3, -0.25) is 4.57 Å². The summed E-state index contributed by atoms with van der Waals surface area (Å²) in [5.74, 6) is 1.82. The second-order valence-corrected chi connectivity index (χ2v) is 12.1. The van der Waals surface area contributed by atoms with Crippen LogP contribution in [0.25, 0.3) is 94.4 Å². The van der Waals surface area contributed by atoms with Gasteiger partial charge in [-0.1, -0.05) is 127 Å². The molecule has 0 spiro atoms. The van der Waals surface area contributed by atoms with Crippen molar-refractivity contribution in [3.63, 3.8) is 0 Å². The van der Waals surface area contributed by atoms with Crippen LogP contribution in [0.15, 0.2) is 162 Å². The Balaban J connectivity index is 1.33. The van der Waals surface area contributed by atoms with Gasteiger partial charge in [0.2, 0.25) is 5.95 Å². The van der Waals surface area contributed by atoms with Gasteiger partial charge in [0, 0.05) is 38.2 Å². The van der Waals surface area contributed by atoms with Crippen molar-refractivity contribution in [3.05, 3.63) is 158 Å². The van der Waals surface area contributed by atoms with E-state index in [2.05, 4.69) is 89.5 Å². The van der Waals surface area contributed by atoms with Crippen LogP contribution >= 0.6 is 0 Å². The van der Waals surface area contributed by atoms with Crippen molar-refractivity contribution in [1.82, 2.24) is 19.5 Å². The molecular formula is C43H26N4O. The molecule has 0 atom stereocenters. The average molecular weight is 615 g/mol. The molecule has 0 aliphatic carbocycles. The Bertz CT molecular complexity index is 2780. The van der Waals surface area contributed by atoms with Gasteiger partial charge in [-0.25, -0.2) is 4.98 Å². The van der Waals surface area contributed by atoms with Crippen LogP contribution in [0, 0.1) is 0 Å². The van der Waals surface area contributed by atoms with Gasteiger partial charge in [0.15, 0.2) is 11.6 Å². The first-order valence-electron chi connectivity index (χ1n) is 16.0. The van der Waals surface area contributed by atoms with Crippen molar-refractivity contribution in [3.8, 4) is 39.9 Å². The minimum absolute atomic E-state index is 0.570. The van der Waals surface area contributed by atoms with Crippen LogP contribution in [0.3, 0.4) is 0 Å². The molecule has 0 radical (unpaired) electrons. The molecule has 0 amide bonds. The maximum atomic E-state index is 6.19. The number of hydrogen-bond donors (Lipinski definition) is 0. The maximum Gasteiger partial charge on any atom is 0.238 e. The van der Waals surface area contributed by atoms with Gasteiger partial charge in [0.1, 0.15) is 11.2 Å². The van der Waals surface area contributed by atoms with Crippen LogP contribution < -0.4 is 0 Å². The molecule has 0 aliphatic heterocycles. The number of para-hydroxylation sites is 2. The van der Waals surface area contributed by atoms with Crippen molar-refractivity contribution >= 4 is 54.5 Å². The lowest BCUT2D eigenvalue weighted by Crippen LogP contribution is -2.07. The second kappa shape index (κ2) is 10.5. The first kappa shape index (κ1) is 26.6. The van der Waals surface area contributed by atoms with E-state index in [0.29, 0.717) is 17.6 Å². The molecule has 5 heteroatoms. The Morgan fingerprint density at radius 1 is 0.417 bits per heavy atom. The number of nitrogens with zero attached hydrogens (tertiary/aromatic N) is 4. The predicted octanol–water partition coefficient (Wildman–Crippen LogP) is 11.0. The van der Waals surface area contributed by atoms with Crippen LogP contribution in [-0.2, 0) is 0 Å². The molecule has 10 aromatic rings. The van der Waals surface area contributed by atoms with Gasteiger partial charge >= 0.3 is 0 Å². The summed E-state index contributed by atoms with van der Waals surface area (Å²) in [5.41, 5.74) is 7.88. The molecule has 0 N–H and O–H groups in total. The Hall–Kier alpha value is -6.59. The number of rotatable bonds is 4. The van der Waals surface area contributed by atoms with E-state index in [0.717, 1.165) is 71.4 Å². The lowest BCUT2D eigenvalue weighted by Gasteiger charge is -2.13. The molecule has 0 saturated carbocycles.